The highest BCUT2D eigenvalue weighted by atomic mass is 16.6. The van der Waals surface area contributed by atoms with Gasteiger partial charge in [0.15, 0.2) is 5.41 Å². The lowest BCUT2D eigenvalue weighted by Crippen LogP contribution is -2.50. The number of amides is 1. The van der Waals surface area contributed by atoms with E-state index in [1.165, 1.54) is 7.11 Å². The first-order valence-electron chi connectivity index (χ1n) is 8.01. The molecule has 0 aliphatic carbocycles. The van der Waals surface area contributed by atoms with Crippen molar-refractivity contribution in [3.8, 4) is 0 Å². The lowest BCUT2D eigenvalue weighted by atomic mass is 9.75. The van der Waals surface area contributed by atoms with E-state index in [0.29, 0.717) is 5.56 Å². The van der Waals surface area contributed by atoms with Crippen LogP contribution in [0, 0.1) is 5.41 Å². The minimum Gasteiger partial charge on any atom is -0.468 e. The molecule has 1 aromatic rings. The summed E-state index contributed by atoms with van der Waals surface area (Å²) in [4.78, 5) is 37.3. The van der Waals surface area contributed by atoms with Crippen LogP contribution in [0.25, 0.3) is 0 Å². The maximum Gasteiger partial charge on any atom is 0.408 e. The molecule has 1 fully saturated rings. The third-order valence-corrected chi connectivity index (χ3v) is 3.93. The van der Waals surface area contributed by atoms with Gasteiger partial charge in [-0.15, -0.1) is 0 Å². The fourth-order valence-corrected chi connectivity index (χ4v) is 2.85. The standard InChI is InChI=1S/C18H23NO6/c1-17(2,3)25-16(22)19-13(12-8-6-5-7-9-12)18(14(20)23-4)10-11-24-15(18)21/h5-9,13H,10-11H2,1-4H3,(H,19,22). The second-order valence-corrected chi connectivity index (χ2v) is 6.84. The van der Waals surface area contributed by atoms with E-state index in [1.54, 1.807) is 51.1 Å². The molecular formula is C18H23NO6. The van der Waals surface area contributed by atoms with Crippen LogP contribution >= 0.6 is 0 Å². The van der Waals surface area contributed by atoms with E-state index in [1.807, 2.05) is 0 Å². The van der Waals surface area contributed by atoms with Crippen LogP contribution in [0.15, 0.2) is 30.3 Å². The van der Waals surface area contributed by atoms with Crippen LogP contribution < -0.4 is 5.32 Å². The number of esters is 2. The van der Waals surface area contributed by atoms with E-state index in [4.69, 9.17) is 14.2 Å². The molecule has 1 aliphatic heterocycles. The normalized spacial score (nSPS) is 21.2. The maximum atomic E-state index is 12.5. The summed E-state index contributed by atoms with van der Waals surface area (Å²) in [5.74, 6) is -1.47. The van der Waals surface area contributed by atoms with Crippen molar-refractivity contribution in [3.05, 3.63) is 35.9 Å². The predicted molar refractivity (Wildman–Crippen MR) is 88.6 cm³/mol. The molecule has 25 heavy (non-hydrogen) atoms. The molecule has 2 rings (SSSR count). The van der Waals surface area contributed by atoms with Crippen molar-refractivity contribution in [1.82, 2.24) is 5.32 Å². The summed E-state index contributed by atoms with van der Waals surface area (Å²) in [6.45, 7) is 5.26. The van der Waals surface area contributed by atoms with Gasteiger partial charge in [-0.3, -0.25) is 9.59 Å². The number of rotatable bonds is 4. The van der Waals surface area contributed by atoms with Crippen LogP contribution in [-0.2, 0) is 23.8 Å². The summed E-state index contributed by atoms with van der Waals surface area (Å²) in [7, 11) is 1.20. The number of carbonyl (C=O) groups excluding carboxylic acids is 3. The van der Waals surface area contributed by atoms with Crippen LogP contribution in [0.1, 0.15) is 38.8 Å². The number of benzene rings is 1. The molecule has 1 N–H and O–H groups in total. The third-order valence-electron chi connectivity index (χ3n) is 3.93. The molecule has 7 nitrogen and oxygen atoms in total. The van der Waals surface area contributed by atoms with Gasteiger partial charge in [-0.1, -0.05) is 30.3 Å². The summed E-state index contributed by atoms with van der Waals surface area (Å²) in [5.41, 5.74) is -1.79. The highest BCUT2D eigenvalue weighted by Gasteiger charge is 2.59. The first-order chi connectivity index (χ1) is 11.7. The van der Waals surface area contributed by atoms with Crippen molar-refractivity contribution in [1.29, 1.82) is 0 Å². The number of alkyl carbamates (subject to hydrolysis) is 1. The zero-order valence-electron chi connectivity index (χ0n) is 14.8. The third kappa shape index (κ3) is 3.92. The molecule has 7 heteroatoms. The summed E-state index contributed by atoms with van der Waals surface area (Å²) < 4.78 is 15.2. The lowest BCUT2D eigenvalue weighted by molar-refractivity contribution is -0.165. The van der Waals surface area contributed by atoms with Gasteiger partial charge in [0.1, 0.15) is 5.60 Å². The fraction of sp³-hybridized carbons (Fsp3) is 0.500. The zero-order valence-corrected chi connectivity index (χ0v) is 14.8. The van der Waals surface area contributed by atoms with E-state index in [0.717, 1.165) is 0 Å². The van der Waals surface area contributed by atoms with Crippen LogP contribution in [0.4, 0.5) is 4.79 Å². The van der Waals surface area contributed by atoms with Crippen molar-refractivity contribution < 1.29 is 28.6 Å². The Hall–Kier alpha value is -2.57. The van der Waals surface area contributed by atoms with Crippen molar-refractivity contribution in [2.45, 2.75) is 38.8 Å². The largest absolute Gasteiger partial charge is 0.468 e. The molecule has 2 atom stereocenters. The fourth-order valence-electron chi connectivity index (χ4n) is 2.85. The minimum atomic E-state index is -1.65. The highest BCUT2D eigenvalue weighted by molar-refractivity contribution is 6.02. The van der Waals surface area contributed by atoms with E-state index in [-0.39, 0.29) is 13.0 Å². The maximum absolute atomic E-state index is 12.5. The van der Waals surface area contributed by atoms with Gasteiger partial charge in [-0.05, 0) is 26.3 Å². The Labute approximate surface area is 146 Å². The van der Waals surface area contributed by atoms with Crippen LogP contribution in [-0.4, -0.2) is 37.3 Å². The number of hydrogen-bond acceptors (Lipinski definition) is 6. The number of hydrogen-bond donors (Lipinski definition) is 1. The summed E-state index contributed by atoms with van der Waals surface area (Å²) in [6.07, 6.45) is -0.627. The number of cyclic esters (lactones) is 1. The summed E-state index contributed by atoms with van der Waals surface area (Å²) in [5, 5.41) is 2.66. The molecule has 0 saturated carbocycles. The predicted octanol–water partition coefficient (Wildman–Crippen LogP) is 2.36. The molecule has 1 aliphatic rings. The highest BCUT2D eigenvalue weighted by Crippen LogP contribution is 2.43. The van der Waals surface area contributed by atoms with Gasteiger partial charge in [0.2, 0.25) is 0 Å². The molecule has 1 amide bonds. The zero-order chi connectivity index (χ0) is 18.7. The Kier molecular flexibility index (Phi) is 5.35. The quantitative estimate of drug-likeness (QED) is 0.510. The average Bonchev–Trinajstić information content (AvgIpc) is 2.93. The molecule has 1 saturated heterocycles. The number of carbonyl (C=O) groups is 3. The smallest absolute Gasteiger partial charge is 0.408 e. The van der Waals surface area contributed by atoms with Gasteiger partial charge in [0.05, 0.1) is 19.8 Å². The summed E-state index contributed by atoms with van der Waals surface area (Å²) >= 11 is 0. The first kappa shape index (κ1) is 18.8. The van der Waals surface area contributed by atoms with Crippen LogP contribution in [0.5, 0.6) is 0 Å². The van der Waals surface area contributed by atoms with Gasteiger partial charge in [-0.25, -0.2) is 4.79 Å². The van der Waals surface area contributed by atoms with Crippen molar-refractivity contribution in [2.75, 3.05) is 13.7 Å². The lowest BCUT2D eigenvalue weighted by Gasteiger charge is -2.33. The Morgan fingerprint density at radius 1 is 1.24 bits per heavy atom. The van der Waals surface area contributed by atoms with Gasteiger partial charge >= 0.3 is 18.0 Å². The summed E-state index contributed by atoms with van der Waals surface area (Å²) in [6, 6.07) is 7.78. The second-order valence-electron chi connectivity index (χ2n) is 6.84. The van der Waals surface area contributed by atoms with Crippen molar-refractivity contribution in [3.63, 3.8) is 0 Å². The number of methoxy groups -OCH3 is 1. The topological polar surface area (TPSA) is 90.9 Å². The van der Waals surface area contributed by atoms with Crippen LogP contribution in [0.3, 0.4) is 0 Å². The monoisotopic (exact) mass is 349 g/mol. The van der Waals surface area contributed by atoms with Gasteiger partial charge in [-0.2, -0.15) is 0 Å². The number of nitrogens with one attached hydrogen (secondary N) is 1. The molecule has 1 heterocycles. The van der Waals surface area contributed by atoms with Crippen molar-refractivity contribution in [2.24, 2.45) is 5.41 Å². The molecule has 136 valence electrons. The van der Waals surface area contributed by atoms with E-state index in [2.05, 4.69) is 5.32 Å². The minimum absolute atomic E-state index is 0.0767. The van der Waals surface area contributed by atoms with E-state index in [9.17, 15) is 14.4 Å². The number of ether oxygens (including phenoxy) is 3. The Balaban J connectivity index is 2.45. The molecule has 2 unspecified atom stereocenters. The SMILES string of the molecule is COC(=O)C1(C(NC(=O)OC(C)(C)C)c2ccccc2)CCOC1=O. The van der Waals surface area contributed by atoms with Gasteiger partial charge < -0.3 is 19.5 Å². The second kappa shape index (κ2) is 7.13. The molecule has 0 bridgehead atoms. The molecule has 1 aromatic carbocycles. The molecule has 0 spiro atoms. The molecule has 0 aromatic heterocycles. The Bertz CT molecular complexity index is 651. The van der Waals surface area contributed by atoms with E-state index < -0.39 is 35.1 Å². The van der Waals surface area contributed by atoms with Gasteiger partial charge in [0, 0.05) is 6.42 Å². The Morgan fingerprint density at radius 3 is 2.36 bits per heavy atom. The van der Waals surface area contributed by atoms with E-state index >= 15 is 0 Å². The van der Waals surface area contributed by atoms with Crippen LogP contribution in [0.2, 0.25) is 0 Å². The molecule has 0 radical (unpaired) electrons. The average molecular weight is 349 g/mol. The first-order valence-corrected chi connectivity index (χ1v) is 8.01. The van der Waals surface area contributed by atoms with Gasteiger partial charge in [0.25, 0.3) is 0 Å². The van der Waals surface area contributed by atoms with Crippen molar-refractivity contribution >= 4 is 18.0 Å². The molecular weight excluding hydrogens is 326 g/mol. The Morgan fingerprint density at radius 2 is 1.88 bits per heavy atom.